The Kier molecular flexibility index (Phi) is 4.32. The first-order chi connectivity index (χ1) is 12.5. The van der Waals surface area contributed by atoms with E-state index in [0.717, 1.165) is 16.7 Å². The number of hydrogen-bond acceptors (Lipinski definition) is 3. The number of benzene rings is 2. The Hall–Kier alpha value is -2.53. The predicted octanol–water partition coefficient (Wildman–Crippen LogP) is 4.27. The zero-order valence-corrected chi connectivity index (χ0v) is 15.6. The van der Waals surface area contributed by atoms with Gasteiger partial charge in [0.25, 0.3) is 5.91 Å². The van der Waals surface area contributed by atoms with E-state index in [9.17, 15) is 9.59 Å². The van der Waals surface area contributed by atoms with Crippen molar-refractivity contribution in [3.05, 3.63) is 76.7 Å². The first kappa shape index (κ1) is 16.9. The quantitative estimate of drug-likeness (QED) is 0.817. The van der Waals surface area contributed by atoms with Gasteiger partial charge < -0.3 is 4.90 Å². The SMILES string of the molecule is Cc1cccc(CN2C(=O)N(c3cccc(C)c3)C(=O)C3SC=CC32)c1. The summed E-state index contributed by atoms with van der Waals surface area (Å²) in [7, 11) is 0. The van der Waals surface area contributed by atoms with E-state index < -0.39 is 0 Å². The molecule has 0 aromatic heterocycles. The number of carbonyl (C=O) groups is 2. The van der Waals surface area contributed by atoms with Crippen LogP contribution in [0.1, 0.15) is 16.7 Å². The summed E-state index contributed by atoms with van der Waals surface area (Å²) in [5.41, 5.74) is 3.89. The Morgan fingerprint density at radius 1 is 1.00 bits per heavy atom. The summed E-state index contributed by atoms with van der Waals surface area (Å²) in [6.45, 7) is 4.49. The molecule has 132 valence electrons. The van der Waals surface area contributed by atoms with E-state index in [1.807, 2.05) is 67.8 Å². The maximum absolute atomic E-state index is 13.3. The lowest BCUT2D eigenvalue weighted by Gasteiger charge is -2.41. The number of rotatable bonds is 3. The first-order valence-electron chi connectivity index (χ1n) is 8.63. The summed E-state index contributed by atoms with van der Waals surface area (Å²) in [6.07, 6.45) is 1.97. The summed E-state index contributed by atoms with van der Waals surface area (Å²) >= 11 is 1.49. The number of amides is 3. The molecule has 0 spiro atoms. The van der Waals surface area contributed by atoms with Crippen LogP contribution in [0, 0.1) is 13.8 Å². The molecule has 2 unspecified atom stereocenters. The minimum atomic E-state index is -0.280. The molecular weight excluding hydrogens is 344 g/mol. The Labute approximate surface area is 157 Å². The molecule has 2 aromatic rings. The molecule has 4 nitrogen and oxygen atoms in total. The highest BCUT2D eigenvalue weighted by Gasteiger charge is 2.47. The van der Waals surface area contributed by atoms with Crippen LogP contribution in [0.3, 0.4) is 0 Å². The summed E-state index contributed by atoms with van der Waals surface area (Å²) in [6, 6.07) is 15.2. The number of nitrogens with zero attached hydrogens (tertiary/aromatic N) is 2. The van der Waals surface area contributed by atoms with Crippen molar-refractivity contribution in [1.82, 2.24) is 4.90 Å². The minimum Gasteiger partial charge on any atom is -0.312 e. The van der Waals surface area contributed by atoms with E-state index in [1.165, 1.54) is 16.7 Å². The third kappa shape index (κ3) is 2.92. The molecule has 0 N–H and O–H groups in total. The standard InChI is InChI=1S/C21H20N2O2S/c1-14-5-3-7-16(11-14)13-22-18-9-10-26-19(18)20(24)23(21(22)25)17-8-4-6-15(2)12-17/h3-12,18-19H,13H2,1-2H3. The maximum Gasteiger partial charge on any atom is 0.332 e. The van der Waals surface area contributed by atoms with Gasteiger partial charge in [0.2, 0.25) is 0 Å². The van der Waals surface area contributed by atoms with Gasteiger partial charge in [-0.25, -0.2) is 9.69 Å². The van der Waals surface area contributed by atoms with Gasteiger partial charge in [-0.15, -0.1) is 11.8 Å². The van der Waals surface area contributed by atoms with Gasteiger partial charge in [-0.05, 0) is 42.5 Å². The van der Waals surface area contributed by atoms with Crippen molar-refractivity contribution in [3.8, 4) is 0 Å². The Balaban J connectivity index is 1.71. The predicted molar refractivity (Wildman–Crippen MR) is 105 cm³/mol. The fourth-order valence-corrected chi connectivity index (χ4v) is 4.57. The minimum absolute atomic E-state index is 0.138. The highest BCUT2D eigenvalue weighted by molar-refractivity contribution is 8.03. The van der Waals surface area contributed by atoms with Gasteiger partial charge in [-0.1, -0.05) is 48.0 Å². The maximum atomic E-state index is 13.3. The van der Waals surface area contributed by atoms with E-state index in [-0.39, 0.29) is 23.2 Å². The van der Waals surface area contributed by atoms with E-state index in [1.54, 1.807) is 4.90 Å². The van der Waals surface area contributed by atoms with Crippen LogP contribution in [0.15, 0.2) is 60.0 Å². The Morgan fingerprint density at radius 3 is 2.46 bits per heavy atom. The highest BCUT2D eigenvalue weighted by Crippen LogP contribution is 2.37. The van der Waals surface area contributed by atoms with Crippen molar-refractivity contribution >= 4 is 29.4 Å². The number of hydrogen-bond donors (Lipinski definition) is 0. The van der Waals surface area contributed by atoms with E-state index in [2.05, 4.69) is 6.07 Å². The molecule has 2 heterocycles. The summed E-state index contributed by atoms with van der Waals surface area (Å²) < 4.78 is 0. The van der Waals surface area contributed by atoms with Crippen LogP contribution in [0.5, 0.6) is 0 Å². The summed E-state index contributed by atoms with van der Waals surface area (Å²) in [4.78, 5) is 29.4. The number of fused-ring (bicyclic) bond motifs is 1. The molecule has 1 fully saturated rings. The molecule has 26 heavy (non-hydrogen) atoms. The van der Waals surface area contributed by atoms with Gasteiger partial charge in [-0.3, -0.25) is 4.79 Å². The molecule has 4 rings (SSSR count). The average Bonchev–Trinajstić information content (AvgIpc) is 3.09. The smallest absolute Gasteiger partial charge is 0.312 e. The third-order valence-corrected chi connectivity index (χ3v) is 5.85. The summed E-state index contributed by atoms with van der Waals surface area (Å²) in [5.74, 6) is -0.138. The zero-order valence-electron chi connectivity index (χ0n) is 14.8. The average molecular weight is 364 g/mol. The van der Waals surface area contributed by atoms with Crippen LogP contribution in [-0.4, -0.2) is 28.1 Å². The first-order valence-corrected chi connectivity index (χ1v) is 9.58. The number of urea groups is 1. The lowest BCUT2D eigenvalue weighted by molar-refractivity contribution is -0.119. The molecule has 5 heteroatoms. The second-order valence-electron chi connectivity index (χ2n) is 6.79. The van der Waals surface area contributed by atoms with E-state index >= 15 is 0 Å². The molecule has 2 aliphatic rings. The molecule has 2 aromatic carbocycles. The van der Waals surface area contributed by atoms with Gasteiger partial charge in [0.1, 0.15) is 5.25 Å². The van der Waals surface area contributed by atoms with Crippen LogP contribution in [-0.2, 0) is 11.3 Å². The van der Waals surface area contributed by atoms with Crippen LogP contribution in [0.2, 0.25) is 0 Å². The fraction of sp³-hybridized carbons (Fsp3) is 0.238. The van der Waals surface area contributed by atoms with Crippen molar-refractivity contribution in [2.45, 2.75) is 31.7 Å². The van der Waals surface area contributed by atoms with Crippen molar-refractivity contribution in [1.29, 1.82) is 0 Å². The number of imide groups is 1. The van der Waals surface area contributed by atoms with Gasteiger partial charge in [0.15, 0.2) is 0 Å². The monoisotopic (exact) mass is 364 g/mol. The zero-order chi connectivity index (χ0) is 18.3. The second-order valence-corrected chi connectivity index (χ2v) is 7.84. The van der Waals surface area contributed by atoms with E-state index in [0.29, 0.717) is 12.2 Å². The number of aryl methyl sites for hydroxylation is 2. The lowest BCUT2D eigenvalue weighted by Crippen LogP contribution is -2.61. The van der Waals surface area contributed by atoms with Crippen molar-refractivity contribution in [3.63, 3.8) is 0 Å². The number of thioether (sulfide) groups is 1. The largest absolute Gasteiger partial charge is 0.332 e. The highest BCUT2D eigenvalue weighted by atomic mass is 32.2. The van der Waals surface area contributed by atoms with Crippen LogP contribution >= 0.6 is 11.8 Å². The van der Waals surface area contributed by atoms with Crippen LogP contribution < -0.4 is 4.90 Å². The van der Waals surface area contributed by atoms with Gasteiger partial charge in [0, 0.05) is 6.54 Å². The van der Waals surface area contributed by atoms with E-state index in [4.69, 9.17) is 0 Å². The Morgan fingerprint density at radius 2 is 1.73 bits per heavy atom. The Bertz CT molecular complexity index is 908. The van der Waals surface area contributed by atoms with Crippen LogP contribution in [0.4, 0.5) is 10.5 Å². The second kappa shape index (κ2) is 6.65. The molecule has 2 atom stereocenters. The molecular formula is C21H20N2O2S. The van der Waals surface area contributed by atoms with Gasteiger partial charge >= 0.3 is 6.03 Å². The topological polar surface area (TPSA) is 40.6 Å². The fourth-order valence-electron chi connectivity index (χ4n) is 3.53. The molecule has 3 amide bonds. The van der Waals surface area contributed by atoms with Crippen molar-refractivity contribution in [2.24, 2.45) is 0 Å². The van der Waals surface area contributed by atoms with Crippen LogP contribution in [0.25, 0.3) is 0 Å². The molecule has 0 aliphatic carbocycles. The molecule has 0 radical (unpaired) electrons. The number of anilines is 1. The molecule has 1 saturated heterocycles. The lowest BCUT2D eigenvalue weighted by atomic mass is 10.0. The normalized spacial score (nSPS) is 22.1. The molecule has 0 bridgehead atoms. The third-order valence-electron chi connectivity index (χ3n) is 4.77. The van der Waals surface area contributed by atoms with Crippen molar-refractivity contribution < 1.29 is 9.59 Å². The summed E-state index contributed by atoms with van der Waals surface area (Å²) in [5, 5.41) is 1.65. The van der Waals surface area contributed by atoms with Gasteiger partial charge in [-0.2, -0.15) is 0 Å². The van der Waals surface area contributed by atoms with Crippen molar-refractivity contribution in [2.75, 3.05) is 4.90 Å². The number of carbonyl (C=O) groups excluding carboxylic acids is 2. The molecule has 2 aliphatic heterocycles. The molecule has 0 saturated carbocycles. The van der Waals surface area contributed by atoms with Gasteiger partial charge in [0.05, 0.1) is 11.7 Å².